The Morgan fingerprint density at radius 3 is 2.22 bits per heavy atom. The van der Waals surface area contributed by atoms with E-state index in [1.807, 2.05) is 13.8 Å². The molecule has 0 bridgehead atoms. The van der Waals surface area contributed by atoms with E-state index < -0.39 is 21.0 Å². The minimum absolute atomic E-state index is 0.450. The van der Waals surface area contributed by atoms with Gasteiger partial charge in [0.2, 0.25) is 0 Å². The summed E-state index contributed by atoms with van der Waals surface area (Å²) >= 11 is 0. The highest BCUT2D eigenvalue weighted by Gasteiger charge is 2.30. The van der Waals surface area contributed by atoms with Crippen molar-refractivity contribution in [3.63, 3.8) is 0 Å². The summed E-state index contributed by atoms with van der Waals surface area (Å²) in [6, 6.07) is 5.78. The molecule has 102 valence electrons. The Morgan fingerprint density at radius 1 is 1.11 bits per heavy atom. The highest BCUT2D eigenvalue weighted by molar-refractivity contribution is 6.43. The Balaban J connectivity index is 2.77. The minimum Gasteiger partial charge on any atom is -0.397 e. The van der Waals surface area contributed by atoms with Gasteiger partial charge in [-0.25, -0.2) is 0 Å². The summed E-state index contributed by atoms with van der Waals surface area (Å²) < 4.78 is 48.5. The summed E-state index contributed by atoms with van der Waals surface area (Å²) in [4.78, 5) is 0. The van der Waals surface area contributed by atoms with Crippen LogP contribution >= 0.6 is 0 Å². The van der Waals surface area contributed by atoms with Gasteiger partial charge in [-0.1, -0.05) is 18.2 Å². The van der Waals surface area contributed by atoms with Crippen LogP contribution in [0.1, 0.15) is 25.0 Å². The Morgan fingerprint density at radius 2 is 1.72 bits per heavy atom. The lowest BCUT2D eigenvalue weighted by Gasteiger charge is -2.15. The fourth-order valence-electron chi connectivity index (χ4n) is 1.60. The van der Waals surface area contributed by atoms with Crippen molar-refractivity contribution in [2.24, 2.45) is 0 Å². The van der Waals surface area contributed by atoms with Crippen molar-refractivity contribution in [2.45, 2.75) is 26.1 Å². The van der Waals surface area contributed by atoms with Gasteiger partial charge in [-0.15, -0.1) is 0 Å². The summed E-state index contributed by atoms with van der Waals surface area (Å²) in [6.07, 6.45) is -4.30. The molecule has 1 rings (SSSR count). The minimum atomic E-state index is -4.30. The van der Waals surface area contributed by atoms with Crippen molar-refractivity contribution in [3.05, 3.63) is 35.4 Å². The lowest BCUT2D eigenvalue weighted by atomic mass is 10.1. The second kappa shape index (κ2) is 6.91. The second-order valence-corrected chi connectivity index (χ2v) is 5.68. The average molecular weight is 278 g/mol. The van der Waals surface area contributed by atoms with E-state index in [-0.39, 0.29) is 0 Å². The lowest BCUT2D eigenvalue weighted by Crippen LogP contribution is -2.26. The Kier molecular flexibility index (Phi) is 5.84. The van der Waals surface area contributed by atoms with Gasteiger partial charge < -0.3 is 8.85 Å². The molecule has 0 saturated carbocycles. The number of benzene rings is 1. The monoisotopic (exact) mass is 278 g/mol. The maximum absolute atomic E-state index is 12.6. The van der Waals surface area contributed by atoms with Gasteiger partial charge in [-0.3, -0.25) is 0 Å². The third-order valence-electron chi connectivity index (χ3n) is 2.36. The molecule has 0 unspecified atom stereocenters. The van der Waals surface area contributed by atoms with Crippen LogP contribution < -0.4 is 0 Å². The van der Waals surface area contributed by atoms with Crippen LogP contribution in [0.2, 0.25) is 0 Å². The van der Waals surface area contributed by atoms with Gasteiger partial charge >= 0.3 is 15.5 Å². The summed E-state index contributed by atoms with van der Waals surface area (Å²) in [5, 5.41) is 0. The molecule has 6 heteroatoms. The molecule has 1 aromatic rings. The van der Waals surface area contributed by atoms with E-state index >= 15 is 0 Å². The van der Waals surface area contributed by atoms with Crippen LogP contribution in [0, 0.1) is 0 Å². The number of hydrogen-bond acceptors (Lipinski definition) is 2. The summed E-state index contributed by atoms with van der Waals surface area (Å²) in [7, 11) is -1.90. The van der Waals surface area contributed by atoms with Crippen LogP contribution in [0.4, 0.5) is 13.2 Å². The van der Waals surface area contributed by atoms with E-state index in [1.165, 1.54) is 6.07 Å². The van der Waals surface area contributed by atoms with E-state index in [4.69, 9.17) is 8.85 Å². The summed E-state index contributed by atoms with van der Waals surface area (Å²) in [5.41, 5.74) is -0.0101. The van der Waals surface area contributed by atoms with Crippen molar-refractivity contribution < 1.29 is 22.0 Å². The van der Waals surface area contributed by atoms with Crippen LogP contribution in [0.15, 0.2) is 24.3 Å². The molecule has 0 spiro atoms. The molecule has 0 N–H and O–H groups in total. The number of rotatable bonds is 6. The van der Waals surface area contributed by atoms with Crippen LogP contribution in [0.25, 0.3) is 0 Å². The molecule has 0 amide bonds. The first kappa shape index (κ1) is 15.2. The van der Waals surface area contributed by atoms with E-state index in [2.05, 4.69) is 0 Å². The molecule has 0 aliphatic carbocycles. The molecule has 0 aliphatic rings. The van der Waals surface area contributed by atoms with Crippen LogP contribution in [-0.4, -0.2) is 22.5 Å². The molecule has 2 nitrogen and oxygen atoms in total. The maximum Gasteiger partial charge on any atom is 0.416 e. The standard InChI is InChI=1S/C12H17F3O2Si/c1-3-16-18(17-4-2)9-10-6-5-7-11(8-10)12(13,14)15/h5-8,18H,3-4,9H2,1-2H3. The lowest BCUT2D eigenvalue weighted by molar-refractivity contribution is -0.137. The van der Waals surface area contributed by atoms with E-state index in [0.29, 0.717) is 24.8 Å². The topological polar surface area (TPSA) is 18.5 Å². The SMILES string of the molecule is CCO[SiH](Cc1cccc(C(F)(F)F)c1)OCC. The quantitative estimate of drug-likeness (QED) is 0.745. The number of alkyl halides is 3. The van der Waals surface area contributed by atoms with Gasteiger partial charge in [-0.2, -0.15) is 13.2 Å². The van der Waals surface area contributed by atoms with Gasteiger partial charge in [0.25, 0.3) is 0 Å². The molecule has 1 aromatic carbocycles. The van der Waals surface area contributed by atoms with E-state index in [9.17, 15) is 13.2 Å². The molecule has 0 saturated heterocycles. The molecule has 0 heterocycles. The predicted molar refractivity (Wildman–Crippen MR) is 65.5 cm³/mol. The smallest absolute Gasteiger partial charge is 0.397 e. The third-order valence-corrected chi connectivity index (χ3v) is 4.58. The highest BCUT2D eigenvalue weighted by Crippen LogP contribution is 2.29. The van der Waals surface area contributed by atoms with E-state index in [0.717, 1.165) is 12.1 Å². The largest absolute Gasteiger partial charge is 0.416 e. The first-order valence-corrected chi connectivity index (χ1v) is 7.62. The van der Waals surface area contributed by atoms with Crippen molar-refractivity contribution >= 4 is 9.28 Å². The summed E-state index contributed by atoms with van der Waals surface area (Å²) in [6.45, 7) is 4.75. The molecule has 0 atom stereocenters. The predicted octanol–water partition coefficient (Wildman–Crippen LogP) is 3.08. The van der Waals surface area contributed by atoms with Crippen molar-refractivity contribution in [1.82, 2.24) is 0 Å². The van der Waals surface area contributed by atoms with E-state index in [1.54, 1.807) is 6.07 Å². The number of hydrogen-bond donors (Lipinski definition) is 0. The Bertz CT molecular complexity index is 363. The Hall–Kier alpha value is -0.853. The zero-order chi connectivity index (χ0) is 13.6. The first-order valence-electron chi connectivity index (χ1n) is 5.86. The van der Waals surface area contributed by atoms with Crippen LogP contribution in [-0.2, 0) is 21.1 Å². The zero-order valence-corrected chi connectivity index (χ0v) is 11.6. The zero-order valence-electron chi connectivity index (χ0n) is 10.5. The van der Waals surface area contributed by atoms with Gasteiger partial charge in [0.1, 0.15) is 0 Å². The Labute approximate surface area is 107 Å². The van der Waals surface area contributed by atoms with Crippen molar-refractivity contribution in [2.75, 3.05) is 13.2 Å². The second-order valence-electron chi connectivity index (χ2n) is 3.74. The number of halogens is 3. The van der Waals surface area contributed by atoms with Gasteiger partial charge in [0, 0.05) is 19.3 Å². The molecule has 0 fully saturated rings. The van der Waals surface area contributed by atoms with Crippen LogP contribution in [0.3, 0.4) is 0 Å². The first-order chi connectivity index (χ1) is 8.47. The third kappa shape index (κ3) is 4.79. The average Bonchev–Trinajstić information content (AvgIpc) is 2.29. The summed E-state index contributed by atoms with van der Waals surface area (Å²) in [5.74, 6) is 0. The molecule has 0 aromatic heterocycles. The molecule has 18 heavy (non-hydrogen) atoms. The highest BCUT2D eigenvalue weighted by atomic mass is 28.3. The molecule has 0 aliphatic heterocycles. The van der Waals surface area contributed by atoms with Crippen LogP contribution in [0.5, 0.6) is 0 Å². The fraction of sp³-hybridized carbons (Fsp3) is 0.500. The van der Waals surface area contributed by atoms with Crippen molar-refractivity contribution in [3.8, 4) is 0 Å². The van der Waals surface area contributed by atoms with Gasteiger partial charge in [-0.05, 0) is 25.5 Å². The fourth-order valence-corrected chi connectivity index (χ4v) is 3.32. The molecular formula is C12H17F3O2Si. The molecule has 0 radical (unpaired) electrons. The van der Waals surface area contributed by atoms with Gasteiger partial charge in [0.15, 0.2) is 0 Å². The van der Waals surface area contributed by atoms with Crippen molar-refractivity contribution in [1.29, 1.82) is 0 Å². The van der Waals surface area contributed by atoms with Gasteiger partial charge in [0.05, 0.1) is 5.56 Å². The molecular weight excluding hydrogens is 261 g/mol. The normalized spacial score (nSPS) is 12.1. The maximum atomic E-state index is 12.6.